The summed E-state index contributed by atoms with van der Waals surface area (Å²) in [4.78, 5) is 22.8. The zero-order valence-electron chi connectivity index (χ0n) is 12.4. The van der Waals surface area contributed by atoms with E-state index in [-0.39, 0.29) is 11.9 Å². The molecule has 5 nitrogen and oxygen atoms in total. The summed E-state index contributed by atoms with van der Waals surface area (Å²) >= 11 is 0. The van der Waals surface area contributed by atoms with Crippen LogP contribution in [0.25, 0.3) is 0 Å². The number of anilines is 1. The second-order valence-corrected chi connectivity index (χ2v) is 5.45. The number of amides is 1. The fraction of sp³-hybridized carbons (Fsp3) is 0.667. The molecule has 2 heterocycles. The Morgan fingerprint density at radius 2 is 2.00 bits per heavy atom. The molecule has 0 aromatic carbocycles. The van der Waals surface area contributed by atoms with E-state index in [9.17, 15) is 4.79 Å². The predicted molar refractivity (Wildman–Crippen MR) is 79.9 cm³/mol. The van der Waals surface area contributed by atoms with Crippen LogP contribution in [0.15, 0.2) is 12.4 Å². The van der Waals surface area contributed by atoms with Gasteiger partial charge >= 0.3 is 0 Å². The monoisotopic (exact) mass is 276 g/mol. The largest absolute Gasteiger partial charge is 0.357 e. The lowest BCUT2D eigenvalue weighted by Crippen LogP contribution is -2.33. The quantitative estimate of drug-likeness (QED) is 0.917. The van der Waals surface area contributed by atoms with Gasteiger partial charge in [0.15, 0.2) is 0 Å². The molecular weight excluding hydrogens is 252 g/mol. The Hall–Kier alpha value is -1.65. The van der Waals surface area contributed by atoms with Crippen LogP contribution >= 0.6 is 0 Å². The highest BCUT2D eigenvalue weighted by Crippen LogP contribution is 2.17. The van der Waals surface area contributed by atoms with Crippen molar-refractivity contribution in [2.75, 3.05) is 18.0 Å². The lowest BCUT2D eigenvalue weighted by Gasteiger charge is -2.21. The normalized spacial score (nSPS) is 17.4. The van der Waals surface area contributed by atoms with E-state index >= 15 is 0 Å². The molecule has 0 bridgehead atoms. The highest BCUT2D eigenvalue weighted by molar-refractivity contribution is 5.93. The van der Waals surface area contributed by atoms with Crippen LogP contribution in [0, 0.1) is 0 Å². The molecule has 0 saturated carbocycles. The molecule has 1 fully saturated rings. The molecule has 1 amide bonds. The SMILES string of the molecule is CCC(C)NC(=O)c1cc(N2CCCCCC2)ncn1. The van der Waals surface area contributed by atoms with Gasteiger partial charge in [0.25, 0.3) is 5.91 Å². The van der Waals surface area contributed by atoms with Gasteiger partial charge < -0.3 is 10.2 Å². The minimum Gasteiger partial charge on any atom is -0.357 e. The molecule has 2 rings (SSSR count). The summed E-state index contributed by atoms with van der Waals surface area (Å²) in [5.41, 5.74) is 0.458. The number of aromatic nitrogens is 2. The zero-order valence-corrected chi connectivity index (χ0v) is 12.4. The van der Waals surface area contributed by atoms with E-state index in [1.165, 1.54) is 32.0 Å². The molecule has 0 radical (unpaired) electrons. The molecule has 0 spiro atoms. The second-order valence-electron chi connectivity index (χ2n) is 5.45. The molecule has 5 heteroatoms. The van der Waals surface area contributed by atoms with E-state index in [1.807, 2.05) is 19.9 Å². The zero-order chi connectivity index (χ0) is 14.4. The Morgan fingerprint density at radius 3 is 2.65 bits per heavy atom. The molecule has 1 atom stereocenters. The summed E-state index contributed by atoms with van der Waals surface area (Å²) in [5, 5.41) is 2.94. The maximum absolute atomic E-state index is 12.1. The van der Waals surface area contributed by atoms with Crippen molar-refractivity contribution in [2.45, 2.75) is 52.0 Å². The highest BCUT2D eigenvalue weighted by Gasteiger charge is 2.15. The van der Waals surface area contributed by atoms with Crippen LogP contribution in [0.1, 0.15) is 56.4 Å². The smallest absolute Gasteiger partial charge is 0.270 e. The Bertz CT molecular complexity index is 441. The van der Waals surface area contributed by atoms with Gasteiger partial charge in [-0.05, 0) is 26.2 Å². The van der Waals surface area contributed by atoms with E-state index in [1.54, 1.807) is 0 Å². The lowest BCUT2D eigenvalue weighted by atomic mass is 10.2. The fourth-order valence-corrected chi connectivity index (χ4v) is 2.34. The molecule has 1 aromatic heterocycles. The van der Waals surface area contributed by atoms with Gasteiger partial charge in [0, 0.05) is 25.2 Å². The number of nitrogens with one attached hydrogen (secondary N) is 1. The number of hydrogen-bond donors (Lipinski definition) is 1. The van der Waals surface area contributed by atoms with Gasteiger partial charge in [-0.3, -0.25) is 4.79 Å². The molecular formula is C15H24N4O. The number of nitrogens with zero attached hydrogens (tertiary/aromatic N) is 3. The van der Waals surface area contributed by atoms with E-state index in [2.05, 4.69) is 20.2 Å². The van der Waals surface area contributed by atoms with Crippen LogP contribution in [0.5, 0.6) is 0 Å². The van der Waals surface area contributed by atoms with Crippen LogP contribution in [0.2, 0.25) is 0 Å². The maximum Gasteiger partial charge on any atom is 0.270 e. The number of rotatable bonds is 4. The van der Waals surface area contributed by atoms with Gasteiger partial charge in [-0.25, -0.2) is 9.97 Å². The first kappa shape index (κ1) is 14.8. The molecule has 1 saturated heterocycles. The summed E-state index contributed by atoms with van der Waals surface area (Å²) in [5.74, 6) is 0.758. The van der Waals surface area contributed by atoms with Crippen LogP contribution in [-0.4, -0.2) is 35.0 Å². The lowest BCUT2D eigenvalue weighted by molar-refractivity contribution is 0.0934. The van der Waals surface area contributed by atoms with Gasteiger partial charge in [-0.15, -0.1) is 0 Å². The first-order chi connectivity index (χ1) is 9.70. The van der Waals surface area contributed by atoms with E-state index in [0.29, 0.717) is 5.69 Å². The third kappa shape index (κ3) is 3.92. The molecule has 1 unspecified atom stereocenters. The molecule has 1 aliphatic heterocycles. The van der Waals surface area contributed by atoms with Gasteiger partial charge in [0.05, 0.1) is 0 Å². The molecule has 110 valence electrons. The summed E-state index contributed by atoms with van der Waals surface area (Å²) in [6.45, 7) is 6.08. The van der Waals surface area contributed by atoms with Gasteiger partial charge in [0.2, 0.25) is 0 Å². The Morgan fingerprint density at radius 1 is 1.30 bits per heavy atom. The van der Waals surface area contributed by atoms with Crippen molar-refractivity contribution in [2.24, 2.45) is 0 Å². The third-order valence-corrected chi connectivity index (χ3v) is 3.81. The molecule has 1 N–H and O–H groups in total. The predicted octanol–water partition coefficient (Wildman–Crippen LogP) is 2.39. The highest BCUT2D eigenvalue weighted by atomic mass is 16.1. The van der Waals surface area contributed by atoms with Gasteiger partial charge in [0.1, 0.15) is 17.8 Å². The second kappa shape index (κ2) is 7.22. The van der Waals surface area contributed by atoms with Crippen LogP contribution in [0.3, 0.4) is 0 Å². The summed E-state index contributed by atoms with van der Waals surface area (Å²) in [6, 6.07) is 1.97. The maximum atomic E-state index is 12.1. The van der Waals surface area contributed by atoms with Gasteiger partial charge in [-0.1, -0.05) is 19.8 Å². The molecule has 20 heavy (non-hydrogen) atoms. The number of hydrogen-bond acceptors (Lipinski definition) is 4. The molecule has 1 aromatic rings. The first-order valence-corrected chi connectivity index (χ1v) is 7.58. The van der Waals surface area contributed by atoms with Crippen molar-refractivity contribution >= 4 is 11.7 Å². The van der Waals surface area contributed by atoms with Crippen molar-refractivity contribution < 1.29 is 4.79 Å². The average molecular weight is 276 g/mol. The minimum atomic E-state index is -0.113. The average Bonchev–Trinajstić information content (AvgIpc) is 2.76. The topological polar surface area (TPSA) is 58.1 Å². The molecule has 1 aliphatic rings. The van der Waals surface area contributed by atoms with Crippen molar-refractivity contribution in [1.29, 1.82) is 0 Å². The number of carbonyl (C=O) groups is 1. The summed E-state index contributed by atoms with van der Waals surface area (Å²) in [7, 11) is 0. The van der Waals surface area contributed by atoms with Crippen molar-refractivity contribution in [3.8, 4) is 0 Å². The van der Waals surface area contributed by atoms with Gasteiger partial charge in [-0.2, -0.15) is 0 Å². The van der Waals surface area contributed by atoms with E-state index in [4.69, 9.17) is 0 Å². The van der Waals surface area contributed by atoms with E-state index in [0.717, 1.165) is 25.3 Å². The van der Waals surface area contributed by atoms with Crippen LogP contribution < -0.4 is 10.2 Å². The van der Waals surface area contributed by atoms with Crippen molar-refractivity contribution in [3.63, 3.8) is 0 Å². The Kier molecular flexibility index (Phi) is 5.32. The fourth-order valence-electron chi connectivity index (χ4n) is 2.34. The van der Waals surface area contributed by atoms with Crippen LogP contribution in [0.4, 0.5) is 5.82 Å². The standard InChI is InChI=1S/C15H24N4O/c1-3-12(2)18-15(20)13-10-14(17-11-16-13)19-8-6-4-5-7-9-19/h10-12H,3-9H2,1-2H3,(H,18,20). The van der Waals surface area contributed by atoms with Crippen LogP contribution in [-0.2, 0) is 0 Å². The molecule has 0 aliphatic carbocycles. The third-order valence-electron chi connectivity index (χ3n) is 3.81. The Balaban J connectivity index is 2.08. The first-order valence-electron chi connectivity index (χ1n) is 7.58. The summed E-state index contributed by atoms with van der Waals surface area (Å²) < 4.78 is 0. The summed E-state index contributed by atoms with van der Waals surface area (Å²) in [6.07, 6.45) is 7.35. The van der Waals surface area contributed by atoms with Crippen molar-refractivity contribution in [1.82, 2.24) is 15.3 Å². The van der Waals surface area contributed by atoms with Crippen molar-refractivity contribution in [3.05, 3.63) is 18.1 Å². The number of carbonyl (C=O) groups excluding carboxylic acids is 1. The Labute approximate surface area is 120 Å². The minimum absolute atomic E-state index is 0.113. The van der Waals surface area contributed by atoms with E-state index < -0.39 is 0 Å².